The zero-order valence-electron chi connectivity index (χ0n) is 33.8. The van der Waals surface area contributed by atoms with Crippen molar-refractivity contribution in [3.63, 3.8) is 0 Å². The lowest BCUT2D eigenvalue weighted by Crippen LogP contribution is -2.29. The molecule has 10 nitrogen and oxygen atoms in total. The first-order valence-corrected chi connectivity index (χ1v) is 22.1. The summed E-state index contributed by atoms with van der Waals surface area (Å²) in [7, 11) is -4.83. The van der Waals surface area contributed by atoms with Gasteiger partial charge in [0, 0.05) is 18.8 Å². The molecule has 0 aromatic rings. The van der Waals surface area contributed by atoms with Crippen molar-refractivity contribution in [3.05, 3.63) is 97.2 Å². The Bertz CT molecular complexity index is 1370. The molecule has 1 aliphatic rings. The number of rotatable bonds is 33. The molecule has 0 aromatic heterocycles. The number of allylic oxidation sites excluding steroid dienone is 15. The van der Waals surface area contributed by atoms with Crippen molar-refractivity contribution in [2.24, 2.45) is 11.8 Å². The Kier molecular flexibility index (Phi) is 30.5. The van der Waals surface area contributed by atoms with Crippen LogP contribution in [-0.2, 0) is 32.9 Å². The summed E-state index contributed by atoms with van der Waals surface area (Å²) in [6.07, 6.45) is 44.8. The van der Waals surface area contributed by atoms with Gasteiger partial charge in [0.15, 0.2) is 11.9 Å². The van der Waals surface area contributed by atoms with Gasteiger partial charge >= 0.3 is 19.8 Å². The molecule has 0 fully saturated rings. The molecular weight excluding hydrogens is 731 g/mol. The van der Waals surface area contributed by atoms with Crippen LogP contribution >= 0.6 is 7.82 Å². The van der Waals surface area contributed by atoms with Gasteiger partial charge in [0.2, 0.25) is 0 Å². The van der Waals surface area contributed by atoms with Crippen molar-refractivity contribution in [1.82, 2.24) is 0 Å². The zero-order chi connectivity index (χ0) is 41.1. The Labute approximate surface area is 336 Å². The van der Waals surface area contributed by atoms with E-state index in [9.17, 15) is 24.1 Å². The van der Waals surface area contributed by atoms with Gasteiger partial charge in [0.25, 0.3) is 0 Å². The van der Waals surface area contributed by atoms with E-state index in [1.54, 1.807) is 12.2 Å². The van der Waals surface area contributed by atoms with Crippen LogP contribution in [0, 0.1) is 11.8 Å². The number of carbonyl (C=O) groups excluding carboxylic acids is 3. The second-order valence-corrected chi connectivity index (χ2v) is 15.2. The molecule has 3 N–H and O–H groups in total. The van der Waals surface area contributed by atoms with E-state index in [1.165, 1.54) is 19.3 Å². The monoisotopic (exact) mass is 800 g/mol. The van der Waals surface area contributed by atoms with E-state index in [2.05, 4.69) is 60.9 Å². The molecule has 0 heterocycles. The highest BCUT2D eigenvalue weighted by molar-refractivity contribution is 7.46. The molecule has 0 aliphatic heterocycles. The number of carbonyl (C=O) groups is 3. The lowest BCUT2D eigenvalue weighted by molar-refractivity contribution is -0.161. The summed E-state index contributed by atoms with van der Waals surface area (Å²) in [4.78, 5) is 55.3. The summed E-state index contributed by atoms with van der Waals surface area (Å²) >= 11 is 0. The van der Waals surface area contributed by atoms with Gasteiger partial charge in [-0.3, -0.25) is 18.9 Å². The minimum Gasteiger partial charge on any atom is -0.462 e. The molecule has 0 bridgehead atoms. The van der Waals surface area contributed by atoms with Crippen LogP contribution in [0.4, 0.5) is 0 Å². The van der Waals surface area contributed by atoms with E-state index in [-0.39, 0.29) is 30.5 Å². The molecule has 0 aromatic carbocycles. The van der Waals surface area contributed by atoms with Gasteiger partial charge in [0.1, 0.15) is 6.61 Å². The van der Waals surface area contributed by atoms with Gasteiger partial charge in [-0.25, -0.2) is 4.57 Å². The van der Waals surface area contributed by atoms with Crippen molar-refractivity contribution in [2.45, 2.75) is 142 Å². The summed E-state index contributed by atoms with van der Waals surface area (Å²) in [6.45, 7) is 3.31. The molecule has 0 spiro atoms. The summed E-state index contributed by atoms with van der Waals surface area (Å²) in [6, 6.07) is 0. The van der Waals surface area contributed by atoms with Crippen molar-refractivity contribution >= 4 is 25.5 Å². The Morgan fingerprint density at radius 1 is 0.732 bits per heavy atom. The topological polar surface area (TPSA) is 157 Å². The number of phosphoric acid groups is 1. The van der Waals surface area contributed by atoms with Crippen molar-refractivity contribution in [1.29, 1.82) is 0 Å². The molecular formula is C45H69O10P. The number of phosphoric ester groups is 1. The van der Waals surface area contributed by atoms with Crippen molar-refractivity contribution in [3.8, 4) is 0 Å². The summed E-state index contributed by atoms with van der Waals surface area (Å²) in [5.41, 5.74) is 0. The number of ketones is 1. The Morgan fingerprint density at radius 3 is 1.93 bits per heavy atom. The fraction of sp³-hybridized carbons (Fsp3) is 0.578. The fourth-order valence-corrected chi connectivity index (χ4v) is 6.00. The standard InChI is InChI=1S/C45H69O10P/c1-3-5-7-8-9-10-11-12-13-14-15-16-17-18-19-20-21-22-28-32-45(49)55-41(38-54-56(50,51)52)37-53-44(48)31-27-24-23-26-29-39-33-36-43(47)42(39)35-34-40(46)30-25-6-4-2/h9-10,12-13,15-16,18-19,21-23,26,33-36,39-42,46H,3-8,11,14,17,20,24-25,27-32,37-38H2,1-2H3,(H2,50,51,52)/b10-9-,13-12-,16-15-,19-18-,22-21-,26-23-,35-34+/t39-,40-,41+,42+/m0/s1. The van der Waals surface area contributed by atoms with Gasteiger partial charge in [-0.2, -0.15) is 0 Å². The predicted molar refractivity (Wildman–Crippen MR) is 224 cm³/mol. The third kappa shape index (κ3) is 29.8. The minimum absolute atomic E-state index is 0.0181. The highest BCUT2D eigenvalue weighted by Crippen LogP contribution is 2.36. The predicted octanol–water partition coefficient (Wildman–Crippen LogP) is 10.2. The highest BCUT2D eigenvalue weighted by atomic mass is 31.2. The molecule has 0 radical (unpaired) electrons. The number of esters is 2. The number of aliphatic hydroxyl groups is 1. The van der Waals surface area contributed by atoms with E-state index < -0.39 is 45.2 Å². The van der Waals surface area contributed by atoms with E-state index in [0.29, 0.717) is 32.1 Å². The summed E-state index contributed by atoms with van der Waals surface area (Å²) in [5, 5.41) is 10.2. The van der Waals surface area contributed by atoms with Crippen LogP contribution < -0.4 is 0 Å². The summed E-state index contributed by atoms with van der Waals surface area (Å²) < 4.78 is 26.3. The smallest absolute Gasteiger partial charge is 0.462 e. The van der Waals surface area contributed by atoms with Crippen LogP contribution in [0.5, 0.6) is 0 Å². The highest BCUT2D eigenvalue weighted by Gasteiger charge is 2.27. The van der Waals surface area contributed by atoms with Gasteiger partial charge in [-0.05, 0) is 82.6 Å². The number of unbranched alkanes of at least 4 members (excludes halogenated alkanes) is 6. The molecule has 0 unspecified atom stereocenters. The van der Waals surface area contributed by atoms with Crippen LogP contribution in [0.25, 0.3) is 0 Å². The fourth-order valence-electron chi connectivity index (χ4n) is 5.64. The summed E-state index contributed by atoms with van der Waals surface area (Å²) in [5.74, 6) is -1.38. The normalized spacial score (nSPS) is 17.7. The van der Waals surface area contributed by atoms with E-state index in [0.717, 1.165) is 51.4 Å². The van der Waals surface area contributed by atoms with Crippen LogP contribution in [0.15, 0.2) is 97.2 Å². The average Bonchev–Trinajstić information content (AvgIpc) is 3.52. The number of hydrogen-bond donors (Lipinski definition) is 3. The molecule has 1 aliphatic carbocycles. The molecule has 1 rings (SSSR count). The molecule has 314 valence electrons. The van der Waals surface area contributed by atoms with Crippen LogP contribution in [0.2, 0.25) is 0 Å². The molecule has 56 heavy (non-hydrogen) atoms. The Morgan fingerprint density at radius 2 is 1.30 bits per heavy atom. The van der Waals surface area contributed by atoms with E-state index >= 15 is 0 Å². The van der Waals surface area contributed by atoms with E-state index in [1.807, 2.05) is 42.5 Å². The Hall–Kier alpha value is -3.40. The first kappa shape index (κ1) is 50.6. The molecule has 0 saturated heterocycles. The maximum absolute atomic E-state index is 12.4. The van der Waals surface area contributed by atoms with Crippen molar-refractivity contribution in [2.75, 3.05) is 13.2 Å². The third-order valence-electron chi connectivity index (χ3n) is 8.84. The number of ether oxygens (including phenoxy) is 2. The van der Waals surface area contributed by atoms with Crippen LogP contribution in [0.3, 0.4) is 0 Å². The van der Waals surface area contributed by atoms with Crippen molar-refractivity contribution < 1.29 is 47.8 Å². The van der Waals surface area contributed by atoms with E-state index in [4.69, 9.17) is 19.3 Å². The second-order valence-electron chi connectivity index (χ2n) is 13.9. The van der Waals surface area contributed by atoms with Gasteiger partial charge in [-0.1, -0.05) is 137 Å². The largest absolute Gasteiger partial charge is 0.469 e. The van der Waals surface area contributed by atoms with Crippen LogP contribution in [0.1, 0.15) is 129 Å². The molecule has 11 heteroatoms. The first-order valence-electron chi connectivity index (χ1n) is 20.6. The van der Waals surface area contributed by atoms with Gasteiger partial charge in [-0.15, -0.1) is 0 Å². The zero-order valence-corrected chi connectivity index (χ0v) is 34.7. The SMILES string of the molecule is CCCCC/C=C\C/C=C\C/C=C\C/C=C\C/C=C\CCC(=O)O[C@H](COC(=O)CCC/C=C\C[C@H]1C=CC(=O)[C@@H]1/C=C/[C@@H](O)CCCCC)COP(=O)(O)O. The second kappa shape index (κ2) is 33.7. The van der Waals surface area contributed by atoms with Crippen LogP contribution in [-0.4, -0.2) is 58.0 Å². The van der Waals surface area contributed by atoms with Gasteiger partial charge < -0.3 is 24.4 Å². The maximum Gasteiger partial charge on any atom is 0.469 e. The maximum atomic E-state index is 12.4. The average molecular weight is 801 g/mol. The Balaban J connectivity index is 2.32. The quantitative estimate of drug-likeness (QED) is 0.0253. The first-order chi connectivity index (χ1) is 27.1. The third-order valence-corrected chi connectivity index (χ3v) is 9.32. The lowest BCUT2D eigenvalue weighted by Gasteiger charge is -2.18. The molecule has 0 saturated carbocycles. The minimum atomic E-state index is -4.83. The lowest BCUT2D eigenvalue weighted by atomic mass is 9.90. The number of hydrogen-bond acceptors (Lipinski definition) is 8. The van der Waals surface area contributed by atoms with Gasteiger partial charge in [0.05, 0.1) is 12.7 Å². The molecule has 0 amide bonds. The molecule has 4 atom stereocenters. The number of aliphatic hydroxyl groups excluding tert-OH is 1.